The monoisotopic (exact) mass is 390 g/mol. The summed E-state index contributed by atoms with van der Waals surface area (Å²) in [5.41, 5.74) is 2.73. The number of hydrogen-bond acceptors (Lipinski definition) is 5. The molecule has 3 aromatic heterocycles. The van der Waals surface area contributed by atoms with Gasteiger partial charge in [0.1, 0.15) is 5.82 Å². The molecule has 1 aliphatic carbocycles. The summed E-state index contributed by atoms with van der Waals surface area (Å²) in [5, 5.41) is 17.7. The number of nitrogens with one attached hydrogen (secondary N) is 1. The molecule has 1 fully saturated rings. The Bertz CT molecular complexity index is 1240. The predicted molar refractivity (Wildman–Crippen MR) is 104 cm³/mol. The summed E-state index contributed by atoms with van der Waals surface area (Å²) in [6.07, 6.45) is 5.96. The summed E-state index contributed by atoms with van der Waals surface area (Å²) in [6.45, 7) is 2.15. The zero-order valence-electron chi connectivity index (χ0n) is 15.8. The highest BCUT2D eigenvalue weighted by Crippen LogP contribution is 2.43. The fraction of sp³-hybridized carbons (Fsp3) is 0.333. The molecule has 146 valence electrons. The molecule has 0 unspecified atom stereocenters. The first-order valence-corrected chi connectivity index (χ1v) is 9.71. The van der Waals surface area contributed by atoms with Crippen LogP contribution in [0.25, 0.3) is 16.8 Å². The van der Waals surface area contributed by atoms with Gasteiger partial charge in [-0.15, -0.1) is 10.2 Å². The first-order valence-electron chi connectivity index (χ1n) is 9.71. The Morgan fingerprint density at radius 2 is 2.21 bits per heavy atom. The number of fused-ring (bicyclic) bond motifs is 3. The van der Waals surface area contributed by atoms with Gasteiger partial charge in [-0.1, -0.05) is 13.3 Å². The number of hydrogen-bond donors (Lipinski definition) is 1. The molecule has 0 saturated heterocycles. The Hall–Kier alpha value is -3.47. The zero-order chi connectivity index (χ0) is 20.0. The third-order valence-electron chi connectivity index (χ3n) is 5.83. The van der Waals surface area contributed by atoms with Gasteiger partial charge >= 0.3 is 0 Å². The molecule has 1 aromatic carbocycles. The highest BCUT2D eigenvalue weighted by molar-refractivity contribution is 5.74. The number of nitrogens with zero attached hydrogens (tertiary/aromatic N) is 5. The number of ether oxygens (including phenoxy) is 1. The van der Waals surface area contributed by atoms with Gasteiger partial charge in [0.05, 0.1) is 29.5 Å². The molecule has 29 heavy (non-hydrogen) atoms. The number of aromatic nitrogens is 5. The van der Waals surface area contributed by atoms with Crippen LogP contribution in [-0.4, -0.2) is 30.7 Å². The molecule has 7 nitrogen and oxygen atoms in total. The Morgan fingerprint density at radius 1 is 1.31 bits per heavy atom. The van der Waals surface area contributed by atoms with E-state index < -0.39 is 5.82 Å². The van der Waals surface area contributed by atoms with Gasteiger partial charge in [-0.2, -0.15) is 5.26 Å². The van der Waals surface area contributed by atoms with Crippen LogP contribution < -0.4 is 4.74 Å². The van der Waals surface area contributed by atoms with E-state index in [1.807, 2.05) is 18.3 Å². The average Bonchev–Trinajstić information content (AvgIpc) is 3.45. The van der Waals surface area contributed by atoms with E-state index in [4.69, 9.17) is 10.00 Å². The number of benzene rings is 1. The molecule has 8 heteroatoms. The van der Waals surface area contributed by atoms with Crippen molar-refractivity contribution in [1.82, 2.24) is 24.6 Å². The second kappa shape index (κ2) is 6.85. The van der Waals surface area contributed by atoms with Crippen molar-refractivity contribution < 1.29 is 9.13 Å². The summed E-state index contributed by atoms with van der Waals surface area (Å²) >= 11 is 0. The Labute approximate surface area is 166 Å². The zero-order valence-corrected chi connectivity index (χ0v) is 15.8. The third kappa shape index (κ3) is 2.90. The van der Waals surface area contributed by atoms with Crippen molar-refractivity contribution in [2.45, 2.75) is 38.2 Å². The van der Waals surface area contributed by atoms with Crippen molar-refractivity contribution in [3.05, 3.63) is 53.9 Å². The Balaban J connectivity index is 1.47. The summed E-state index contributed by atoms with van der Waals surface area (Å²) in [7, 11) is 0. The molecule has 0 spiro atoms. The lowest BCUT2D eigenvalue weighted by Crippen LogP contribution is -2.13. The van der Waals surface area contributed by atoms with E-state index in [2.05, 4.69) is 31.5 Å². The molecule has 3 heterocycles. The van der Waals surface area contributed by atoms with Crippen molar-refractivity contribution in [1.29, 1.82) is 5.26 Å². The van der Waals surface area contributed by atoms with Gasteiger partial charge < -0.3 is 9.72 Å². The maximum atomic E-state index is 14.3. The highest BCUT2D eigenvalue weighted by atomic mass is 19.1. The number of aromatic amines is 1. The van der Waals surface area contributed by atoms with Crippen LogP contribution in [0.3, 0.4) is 0 Å². The van der Waals surface area contributed by atoms with Gasteiger partial charge in [0.2, 0.25) is 0 Å². The van der Waals surface area contributed by atoms with Gasteiger partial charge in [0.15, 0.2) is 22.9 Å². The van der Waals surface area contributed by atoms with Crippen LogP contribution in [-0.2, 0) is 0 Å². The normalized spacial score (nSPS) is 21.6. The predicted octanol–water partition coefficient (Wildman–Crippen LogP) is 3.97. The molecule has 0 amide bonds. The smallest absolute Gasteiger partial charge is 0.179 e. The maximum Gasteiger partial charge on any atom is 0.179 e. The number of nitriles is 1. The van der Waals surface area contributed by atoms with E-state index in [0.29, 0.717) is 11.6 Å². The fourth-order valence-corrected chi connectivity index (χ4v) is 4.42. The first-order chi connectivity index (χ1) is 14.2. The molecule has 1 aliphatic rings. The van der Waals surface area contributed by atoms with Gasteiger partial charge in [-0.3, -0.25) is 4.40 Å². The molecular formula is C21H19FN6O. The third-order valence-corrected chi connectivity index (χ3v) is 5.83. The van der Waals surface area contributed by atoms with E-state index >= 15 is 0 Å². The van der Waals surface area contributed by atoms with E-state index in [-0.39, 0.29) is 23.3 Å². The SMILES string of the molecule is CC[C@@H]1C[C@@H](Oc2ccc(C#N)cc2F)C[C@@H]1c1nnc2cnc3[nH]ccc3n12. The van der Waals surface area contributed by atoms with Gasteiger partial charge in [0, 0.05) is 12.1 Å². The van der Waals surface area contributed by atoms with Crippen LogP contribution in [0.1, 0.15) is 43.5 Å². The topological polar surface area (TPSA) is 91.9 Å². The van der Waals surface area contributed by atoms with E-state index in [1.54, 1.807) is 12.3 Å². The van der Waals surface area contributed by atoms with E-state index in [0.717, 1.165) is 36.3 Å². The van der Waals surface area contributed by atoms with Crippen molar-refractivity contribution >= 4 is 16.8 Å². The quantitative estimate of drug-likeness (QED) is 0.569. The van der Waals surface area contributed by atoms with E-state index in [9.17, 15) is 4.39 Å². The largest absolute Gasteiger partial charge is 0.487 e. The van der Waals surface area contributed by atoms with Crippen LogP contribution >= 0.6 is 0 Å². The molecule has 3 atom stereocenters. The maximum absolute atomic E-state index is 14.3. The van der Waals surface area contributed by atoms with Crippen LogP contribution in [0.5, 0.6) is 5.75 Å². The minimum atomic E-state index is -0.506. The Kier molecular flexibility index (Phi) is 4.16. The fourth-order valence-electron chi connectivity index (χ4n) is 4.42. The number of rotatable bonds is 4. The molecule has 0 aliphatic heterocycles. The van der Waals surface area contributed by atoms with Gasteiger partial charge in [-0.25, -0.2) is 9.37 Å². The lowest BCUT2D eigenvalue weighted by Gasteiger charge is -2.15. The molecule has 4 aromatic rings. The number of halogens is 1. The molecule has 5 rings (SSSR count). The Morgan fingerprint density at radius 3 is 3.00 bits per heavy atom. The van der Waals surface area contributed by atoms with Gasteiger partial charge in [0.25, 0.3) is 0 Å². The van der Waals surface area contributed by atoms with Crippen molar-refractivity contribution in [3.8, 4) is 11.8 Å². The summed E-state index contributed by atoms with van der Waals surface area (Å²) in [6, 6.07) is 8.22. The van der Waals surface area contributed by atoms with Crippen LogP contribution in [0.15, 0.2) is 36.7 Å². The standard InChI is InChI=1S/C21H19FN6O/c1-2-13-8-14(29-18-4-3-12(10-23)7-16(18)22)9-15(13)21-27-26-19-11-25-20-17(28(19)21)5-6-24-20/h3-7,11,13-15,24H,2,8-9H2,1H3/t13-,14-,15+/m1/s1. The van der Waals surface area contributed by atoms with Crippen molar-refractivity contribution in [2.75, 3.05) is 0 Å². The summed E-state index contributed by atoms with van der Waals surface area (Å²) < 4.78 is 22.3. The summed E-state index contributed by atoms with van der Waals surface area (Å²) in [5.74, 6) is 1.09. The lowest BCUT2D eigenvalue weighted by atomic mass is 9.93. The molecule has 0 radical (unpaired) electrons. The van der Waals surface area contributed by atoms with Crippen molar-refractivity contribution in [2.24, 2.45) is 5.92 Å². The van der Waals surface area contributed by atoms with Crippen LogP contribution in [0.4, 0.5) is 4.39 Å². The molecular weight excluding hydrogens is 371 g/mol. The highest BCUT2D eigenvalue weighted by Gasteiger charge is 2.38. The second-order valence-electron chi connectivity index (χ2n) is 7.46. The summed E-state index contributed by atoms with van der Waals surface area (Å²) in [4.78, 5) is 7.50. The minimum Gasteiger partial charge on any atom is -0.487 e. The average molecular weight is 390 g/mol. The van der Waals surface area contributed by atoms with Crippen LogP contribution in [0, 0.1) is 23.1 Å². The lowest BCUT2D eigenvalue weighted by molar-refractivity contribution is 0.194. The first kappa shape index (κ1) is 17.6. The minimum absolute atomic E-state index is 0.122. The molecule has 1 N–H and O–H groups in total. The van der Waals surface area contributed by atoms with Gasteiger partial charge in [-0.05, 0) is 43.0 Å². The van der Waals surface area contributed by atoms with E-state index in [1.165, 1.54) is 12.1 Å². The second-order valence-corrected chi connectivity index (χ2v) is 7.46. The molecule has 1 saturated carbocycles. The van der Waals surface area contributed by atoms with Crippen molar-refractivity contribution in [3.63, 3.8) is 0 Å². The number of H-pyrrole nitrogens is 1. The molecule has 0 bridgehead atoms. The van der Waals surface area contributed by atoms with Crippen LogP contribution in [0.2, 0.25) is 0 Å².